The van der Waals surface area contributed by atoms with Crippen LogP contribution in [-0.2, 0) is 13.0 Å². The smallest absolute Gasteiger partial charge is 0.273 e. The summed E-state index contributed by atoms with van der Waals surface area (Å²) in [6.45, 7) is 1.74. The van der Waals surface area contributed by atoms with Crippen molar-refractivity contribution in [3.63, 3.8) is 0 Å². The molecule has 1 saturated heterocycles. The van der Waals surface area contributed by atoms with Gasteiger partial charge in [0.2, 0.25) is 0 Å². The molecule has 0 N–H and O–H groups in total. The number of hydrogen-bond donors (Lipinski definition) is 0. The summed E-state index contributed by atoms with van der Waals surface area (Å²) in [5, 5.41) is 8.83. The van der Waals surface area contributed by atoms with E-state index >= 15 is 0 Å². The minimum Gasteiger partial charge on any atom is -0.327 e. The molecule has 1 atom stereocenters. The van der Waals surface area contributed by atoms with E-state index in [2.05, 4.69) is 19.7 Å². The van der Waals surface area contributed by atoms with Crippen LogP contribution in [0.1, 0.15) is 60.3 Å². The SMILES string of the molecule is O=C(c1ccccn1)N1CCCC1c1nnc2n1CCCCC2. The van der Waals surface area contributed by atoms with Gasteiger partial charge in [0, 0.05) is 25.7 Å². The highest BCUT2D eigenvalue weighted by atomic mass is 16.2. The molecule has 2 aliphatic heterocycles. The van der Waals surface area contributed by atoms with Crippen LogP contribution in [0.15, 0.2) is 24.4 Å². The third kappa shape index (κ3) is 2.62. The van der Waals surface area contributed by atoms with Crippen LogP contribution in [0.3, 0.4) is 0 Å². The Bertz CT molecular complexity index is 696. The number of pyridine rings is 1. The lowest BCUT2D eigenvalue weighted by molar-refractivity contribution is 0.0721. The van der Waals surface area contributed by atoms with Gasteiger partial charge in [-0.1, -0.05) is 12.5 Å². The first-order valence-electron chi connectivity index (χ1n) is 8.48. The Balaban J connectivity index is 1.64. The van der Waals surface area contributed by atoms with Crippen LogP contribution >= 0.6 is 0 Å². The lowest BCUT2D eigenvalue weighted by Crippen LogP contribution is -2.32. The first-order chi connectivity index (χ1) is 11.3. The molecule has 1 fully saturated rings. The fourth-order valence-electron chi connectivity index (χ4n) is 3.67. The summed E-state index contributed by atoms with van der Waals surface area (Å²) in [7, 11) is 0. The summed E-state index contributed by atoms with van der Waals surface area (Å²) < 4.78 is 2.25. The van der Waals surface area contributed by atoms with Gasteiger partial charge >= 0.3 is 0 Å². The first-order valence-corrected chi connectivity index (χ1v) is 8.48. The number of aryl methyl sites for hydroxylation is 1. The molecule has 23 heavy (non-hydrogen) atoms. The van der Waals surface area contributed by atoms with Crippen LogP contribution in [-0.4, -0.2) is 37.1 Å². The zero-order valence-corrected chi connectivity index (χ0v) is 13.2. The van der Waals surface area contributed by atoms with Crippen LogP contribution in [0.2, 0.25) is 0 Å². The molecule has 0 radical (unpaired) electrons. The molecular weight excluding hydrogens is 290 g/mol. The summed E-state index contributed by atoms with van der Waals surface area (Å²) in [5.74, 6) is 2.04. The molecule has 0 bridgehead atoms. The molecule has 2 aromatic rings. The number of carbonyl (C=O) groups is 1. The fraction of sp³-hybridized carbons (Fsp3) is 0.529. The van der Waals surface area contributed by atoms with E-state index in [-0.39, 0.29) is 11.9 Å². The summed E-state index contributed by atoms with van der Waals surface area (Å²) in [6, 6.07) is 5.50. The van der Waals surface area contributed by atoms with Gasteiger partial charge in [0.25, 0.3) is 5.91 Å². The summed E-state index contributed by atoms with van der Waals surface area (Å²) >= 11 is 0. The maximum atomic E-state index is 12.8. The largest absolute Gasteiger partial charge is 0.327 e. The Kier molecular flexibility index (Phi) is 3.81. The molecule has 2 aromatic heterocycles. The Hall–Kier alpha value is -2.24. The van der Waals surface area contributed by atoms with Crippen molar-refractivity contribution in [2.45, 2.75) is 51.1 Å². The zero-order chi connectivity index (χ0) is 15.6. The van der Waals surface area contributed by atoms with Gasteiger partial charge in [0.15, 0.2) is 5.82 Å². The Morgan fingerprint density at radius 3 is 2.91 bits per heavy atom. The number of hydrogen-bond acceptors (Lipinski definition) is 4. The maximum absolute atomic E-state index is 12.8. The first kappa shape index (κ1) is 14.4. The van der Waals surface area contributed by atoms with Crippen LogP contribution in [0, 0.1) is 0 Å². The number of rotatable bonds is 2. The summed E-state index contributed by atoms with van der Waals surface area (Å²) in [4.78, 5) is 18.9. The van der Waals surface area contributed by atoms with E-state index in [4.69, 9.17) is 0 Å². The molecule has 1 unspecified atom stereocenters. The van der Waals surface area contributed by atoms with Crippen LogP contribution in [0.5, 0.6) is 0 Å². The van der Waals surface area contributed by atoms with Crippen molar-refractivity contribution in [1.29, 1.82) is 0 Å². The monoisotopic (exact) mass is 311 g/mol. The minimum absolute atomic E-state index is 0.000859. The van der Waals surface area contributed by atoms with Crippen molar-refractivity contribution in [2.75, 3.05) is 6.54 Å². The van der Waals surface area contributed by atoms with Crippen molar-refractivity contribution < 1.29 is 4.79 Å². The number of carbonyl (C=O) groups excluding carboxylic acids is 1. The minimum atomic E-state index is -0.000859. The molecule has 2 aliphatic rings. The highest BCUT2D eigenvalue weighted by Gasteiger charge is 2.35. The van der Waals surface area contributed by atoms with Crippen molar-refractivity contribution >= 4 is 5.91 Å². The molecule has 4 heterocycles. The molecule has 1 amide bonds. The van der Waals surface area contributed by atoms with Crippen molar-refractivity contribution in [1.82, 2.24) is 24.6 Å². The lowest BCUT2D eigenvalue weighted by Gasteiger charge is -2.24. The zero-order valence-electron chi connectivity index (χ0n) is 13.2. The van der Waals surface area contributed by atoms with Gasteiger partial charge in [-0.05, 0) is 37.8 Å². The molecule has 120 valence electrons. The third-order valence-corrected chi connectivity index (χ3v) is 4.83. The maximum Gasteiger partial charge on any atom is 0.273 e. The molecule has 6 nitrogen and oxygen atoms in total. The number of amides is 1. The number of nitrogens with zero attached hydrogens (tertiary/aromatic N) is 5. The van der Waals surface area contributed by atoms with Crippen molar-refractivity contribution in [3.05, 3.63) is 41.7 Å². The van der Waals surface area contributed by atoms with E-state index in [0.717, 1.165) is 44.0 Å². The van der Waals surface area contributed by atoms with E-state index in [1.165, 1.54) is 19.3 Å². The standard InChI is InChI=1S/C17H21N5O/c23-17(13-7-3-4-10-18-13)21-12-6-8-14(21)16-20-19-15-9-2-1-5-11-22(15)16/h3-4,7,10,14H,1-2,5-6,8-9,11-12H2. The van der Waals surface area contributed by atoms with E-state index < -0.39 is 0 Å². The molecule has 6 heteroatoms. The molecule has 0 spiro atoms. The highest BCUT2D eigenvalue weighted by Crippen LogP contribution is 2.33. The van der Waals surface area contributed by atoms with Crippen LogP contribution < -0.4 is 0 Å². The van der Waals surface area contributed by atoms with E-state index in [9.17, 15) is 4.79 Å². The van der Waals surface area contributed by atoms with Gasteiger partial charge in [-0.25, -0.2) is 0 Å². The van der Waals surface area contributed by atoms with E-state index in [1.807, 2.05) is 17.0 Å². The highest BCUT2D eigenvalue weighted by molar-refractivity contribution is 5.92. The average Bonchev–Trinajstić information content (AvgIpc) is 3.16. The van der Waals surface area contributed by atoms with Gasteiger partial charge in [-0.3, -0.25) is 9.78 Å². The van der Waals surface area contributed by atoms with Gasteiger partial charge in [-0.15, -0.1) is 10.2 Å². The topological polar surface area (TPSA) is 63.9 Å². The molecular formula is C17H21N5O. The number of fused-ring (bicyclic) bond motifs is 1. The van der Waals surface area contributed by atoms with Crippen LogP contribution in [0.4, 0.5) is 0 Å². The third-order valence-electron chi connectivity index (χ3n) is 4.83. The van der Waals surface area contributed by atoms with Gasteiger partial charge in [0.05, 0.1) is 6.04 Å². The second-order valence-corrected chi connectivity index (χ2v) is 6.31. The predicted octanol–water partition coefficient (Wildman–Crippen LogP) is 2.38. The van der Waals surface area contributed by atoms with Crippen molar-refractivity contribution in [3.8, 4) is 0 Å². The van der Waals surface area contributed by atoms with E-state index in [0.29, 0.717) is 5.69 Å². The fourth-order valence-corrected chi connectivity index (χ4v) is 3.67. The lowest BCUT2D eigenvalue weighted by atomic mass is 10.2. The normalized spacial score (nSPS) is 21.0. The van der Waals surface area contributed by atoms with Gasteiger partial charge in [0.1, 0.15) is 11.5 Å². The predicted molar refractivity (Wildman–Crippen MR) is 84.8 cm³/mol. The Morgan fingerprint density at radius 2 is 2.04 bits per heavy atom. The van der Waals surface area contributed by atoms with Gasteiger partial charge in [-0.2, -0.15) is 0 Å². The number of likely N-dealkylation sites (tertiary alicyclic amines) is 1. The van der Waals surface area contributed by atoms with Crippen molar-refractivity contribution in [2.24, 2.45) is 0 Å². The van der Waals surface area contributed by atoms with Crippen LogP contribution in [0.25, 0.3) is 0 Å². The molecule has 4 rings (SSSR count). The van der Waals surface area contributed by atoms with E-state index in [1.54, 1.807) is 12.3 Å². The second-order valence-electron chi connectivity index (χ2n) is 6.31. The summed E-state index contributed by atoms with van der Waals surface area (Å²) in [6.07, 6.45) is 8.21. The molecule has 0 aromatic carbocycles. The number of aromatic nitrogens is 4. The second kappa shape index (κ2) is 6.10. The summed E-state index contributed by atoms with van der Waals surface area (Å²) in [5.41, 5.74) is 0.509. The average molecular weight is 311 g/mol. The quantitative estimate of drug-likeness (QED) is 0.854. The Labute approximate surface area is 135 Å². The Morgan fingerprint density at radius 1 is 1.09 bits per heavy atom. The molecule has 0 aliphatic carbocycles. The van der Waals surface area contributed by atoms with Gasteiger partial charge < -0.3 is 9.47 Å². The molecule has 0 saturated carbocycles.